The van der Waals surface area contributed by atoms with Crippen molar-refractivity contribution in [3.63, 3.8) is 0 Å². The topological polar surface area (TPSA) is 54.4 Å². The molecule has 0 aliphatic heterocycles. The van der Waals surface area contributed by atoms with Crippen molar-refractivity contribution >= 4 is 9.84 Å². The number of unbranched alkanes of at least 4 members (excludes halogenated alkanes) is 2. The largest absolute Gasteiger partial charge is 0.388 e. The van der Waals surface area contributed by atoms with E-state index in [1.54, 1.807) is 37.3 Å². The molecule has 0 aromatic heterocycles. The molecule has 1 aromatic rings. The second-order valence-corrected chi connectivity index (χ2v) is 6.94. The third-order valence-electron chi connectivity index (χ3n) is 3.26. The molecule has 0 saturated carbocycles. The number of aliphatic hydroxyl groups is 1. The van der Waals surface area contributed by atoms with Crippen LogP contribution in [0.5, 0.6) is 0 Å². The van der Waals surface area contributed by atoms with Gasteiger partial charge in [-0.25, -0.2) is 8.42 Å². The van der Waals surface area contributed by atoms with Gasteiger partial charge in [0.05, 0.1) is 15.9 Å². The fourth-order valence-corrected chi connectivity index (χ4v) is 3.56. The molecule has 0 aliphatic rings. The molecule has 1 N–H and O–H groups in total. The highest BCUT2D eigenvalue weighted by Crippen LogP contribution is 2.24. The number of rotatable bonds is 7. The molecular weight excluding hydrogens is 272 g/mol. The summed E-state index contributed by atoms with van der Waals surface area (Å²) in [4.78, 5) is 0.385. The van der Waals surface area contributed by atoms with Crippen LogP contribution in [0.2, 0.25) is 0 Å². The van der Waals surface area contributed by atoms with E-state index in [-0.39, 0.29) is 9.80 Å². The Hall–Kier alpha value is -1.13. The van der Waals surface area contributed by atoms with Gasteiger partial charge in [0.1, 0.15) is 0 Å². The molecule has 0 saturated heterocycles. The van der Waals surface area contributed by atoms with Gasteiger partial charge in [0.25, 0.3) is 0 Å². The monoisotopic (exact) mass is 296 g/mol. The van der Waals surface area contributed by atoms with E-state index < -0.39 is 15.9 Å². The predicted octanol–water partition coefficient (Wildman–Crippen LogP) is 3.61. The Kier molecular flexibility index (Phi) is 6.43. The van der Waals surface area contributed by atoms with Gasteiger partial charge in [-0.3, -0.25) is 0 Å². The summed E-state index contributed by atoms with van der Waals surface area (Å²) in [5, 5.41) is 10.0. The minimum Gasteiger partial charge on any atom is -0.388 e. The molecule has 0 fully saturated rings. The lowest BCUT2D eigenvalue weighted by Crippen LogP contribution is -2.18. The Morgan fingerprint density at radius 1 is 1.25 bits per heavy atom. The van der Waals surface area contributed by atoms with E-state index in [1.165, 1.54) is 0 Å². The molecule has 1 atom stereocenters. The van der Waals surface area contributed by atoms with E-state index in [1.807, 2.05) is 6.92 Å². The van der Waals surface area contributed by atoms with E-state index in [0.717, 1.165) is 18.4 Å². The van der Waals surface area contributed by atoms with E-state index in [9.17, 15) is 13.5 Å². The summed E-state index contributed by atoms with van der Waals surface area (Å²) >= 11 is 0. The van der Waals surface area contributed by atoms with Crippen LogP contribution < -0.4 is 0 Å². The van der Waals surface area contributed by atoms with E-state index in [2.05, 4.69) is 6.92 Å². The van der Waals surface area contributed by atoms with E-state index in [4.69, 9.17) is 0 Å². The summed E-state index contributed by atoms with van der Waals surface area (Å²) in [6.45, 7) is 5.75. The zero-order valence-electron chi connectivity index (χ0n) is 12.5. The van der Waals surface area contributed by atoms with Gasteiger partial charge in [-0.05, 0) is 31.9 Å². The smallest absolute Gasteiger partial charge is 0.205 e. The fourth-order valence-electron chi connectivity index (χ4n) is 1.93. The number of benzene rings is 1. The summed E-state index contributed by atoms with van der Waals surface area (Å²) in [5.41, 5.74) is 1.01. The van der Waals surface area contributed by atoms with Crippen LogP contribution in [0.1, 0.15) is 45.1 Å². The number of hydrogen-bond donors (Lipinski definition) is 1. The molecule has 0 amide bonds. The van der Waals surface area contributed by atoms with Crippen LogP contribution in [0.3, 0.4) is 0 Å². The Morgan fingerprint density at radius 2 is 1.85 bits per heavy atom. The highest BCUT2D eigenvalue weighted by molar-refractivity contribution is 7.95. The Labute approximate surface area is 122 Å². The minimum atomic E-state index is -3.60. The fraction of sp³-hybridized carbons (Fsp3) is 0.500. The zero-order chi connectivity index (χ0) is 15.2. The maximum Gasteiger partial charge on any atom is 0.205 e. The first-order valence-corrected chi connectivity index (χ1v) is 8.61. The van der Waals surface area contributed by atoms with Gasteiger partial charge in [0.2, 0.25) is 9.84 Å². The first kappa shape index (κ1) is 16.9. The molecule has 0 heterocycles. The SMILES string of the molecule is CCCC/C=C(\[C@@H](O)CC)S(=O)(=O)c1ccc(C)cc1. The number of aliphatic hydroxyl groups excluding tert-OH is 1. The first-order chi connectivity index (χ1) is 9.43. The van der Waals surface area contributed by atoms with Crippen LogP contribution in [0.25, 0.3) is 0 Å². The number of allylic oxidation sites excluding steroid dienone is 1. The third-order valence-corrected chi connectivity index (χ3v) is 5.21. The molecule has 112 valence electrons. The van der Waals surface area contributed by atoms with Gasteiger partial charge in [-0.15, -0.1) is 0 Å². The normalized spacial score (nSPS) is 14.3. The standard InChI is InChI=1S/C16H24O3S/c1-4-6-7-8-16(15(17)5-2)20(18,19)14-11-9-13(3)10-12-14/h8-12,15,17H,4-7H2,1-3H3/b16-8+/t15-/m0/s1. The Bertz CT molecular complexity index is 542. The molecule has 0 bridgehead atoms. The average molecular weight is 296 g/mol. The highest BCUT2D eigenvalue weighted by Gasteiger charge is 2.25. The molecule has 0 aliphatic carbocycles. The highest BCUT2D eigenvalue weighted by atomic mass is 32.2. The van der Waals surface area contributed by atoms with Crippen molar-refractivity contribution in [1.29, 1.82) is 0 Å². The van der Waals surface area contributed by atoms with Crippen LogP contribution in [-0.2, 0) is 9.84 Å². The molecule has 0 unspecified atom stereocenters. The molecule has 1 aromatic carbocycles. The minimum absolute atomic E-state index is 0.136. The quantitative estimate of drug-likeness (QED) is 0.782. The molecular formula is C16H24O3S. The molecule has 4 heteroatoms. The molecule has 1 rings (SSSR count). The summed E-state index contributed by atoms with van der Waals surface area (Å²) in [6, 6.07) is 6.74. The molecule has 3 nitrogen and oxygen atoms in total. The van der Waals surface area contributed by atoms with Crippen LogP contribution in [0.15, 0.2) is 40.1 Å². The number of aryl methyl sites for hydroxylation is 1. The summed E-state index contributed by atoms with van der Waals surface area (Å²) in [5.74, 6) is 0. The van der Waals surface area contributed by atoms with Crippen LogP contribution in [-0.4, -0.2) is 19.6 Å². The van der Waals surface area contributed by atoms with Gasteiger partial charge >= 0.3 is 0 Å². The Balaban J connectivity index is 3.17. The predicted molar refractivity (Wildman–Crippen MR) is 82.3 cm³/mol. The zero-order valence-corrected chi connectivity index (χ0v) is 13.3. The van der Waals surface area contributed by atoms with Crippen molar-refractivity contribution in [1.82, 2.24) is 0 Å². The maximum atomic E-state index is 12.6. The van der Waals surface area contributed by atoms with Crippen LogP contribution in [0, 0.1) is 6.92 Å². The van der Waals surface area contributed by atoms with Crippen LogP contribution >= 0.6 is 0 Å². The van der Waals surface area contributed by atoms with Crippen LogP contribution in [0.4, 0.5) is 0 Å². The van der Waals surface area contributed by atoms with Gasteiger partial charge < -0.3 is 5.11 Å². The summed E-state index contributed by atoms with van der Waals surface area (Å²) in [7, 11) is -3.60. The van der Waals surface area contributed by atoms with Crippen molar-refractivity contribution in [3.8, 4) is 0 Å². The van der Waals surface area contributed by atoms with Crippen molar-refractivity contribution in [2.75, 3.05) is 0 Å². The molecule has 0 radical (unpaired) electrons. The number of hydrogen-bond acceptors (Lipinski definition) is 3. The van der Waals surface area contributed by atoms with Crippen molar-refractivity contribution in [3.05, 3.63) is 40.8 Å². The lowest BCUT2D eigenvalue weighted by molar-refractivity contribution is 0.213. The number of sulfone groups is 1. The van der Waals surface area contributed by atoms with Crippen molar-refractivity contribution in [2.45, 2.75) is 57.5 Å². The first-order valence-electron chi connectivity index (χ1n) is 7.13. The molecule has 20 heavy (non-hydrogen) atoms. The third kappa shape index (κ3) is 4.18. The second kappa shape index (κ2) is 7.60. The van der Waals surface area contributed by atoms with Crippen molar-refractivity contribution < 1.29 is 13.5 Å². The molecule has 0 spiro atoms. The van der Waals surface area contributed by atoms with Crippen molar-refractivity contribution in [2.24, 2.45) is 0 Å². The maximum absolute atomic E-state index is 12.6. The average Bonchev–Trinajstić information content (AvgIpc) is 2.43. The lowest BCUT2D eigenvalue weighted by atomic mass is 10.2. The summed E-state index contributed by atoms with van der Waals surface area (Å²) in [6.07, 6.45) is 3.72. The Morgan fingerprint density at radius 3 is 2.35 bits per heavy atom. The van der Waals surface area contributed by atoms with Gasteiger partial charge in [-0.1, -0.05) is 50.5 Å². The lowest BCUT2D eigenvalue weighted by Gasteiger charge is -2.14. The van der Waals surface area contributed by atoms with E-state index in [0.29, 0.717) is 12.8 Å². The van der Waals surface area contributed by atoms with Gasteiger partial charge in [-0.2, -0.15) is 0 Å². The summed E-state index contributed by atoms with van der Waals surface area (Å²) < 4.78 is 25.2. The van der Waals surface area contributed by atoms with Gasteiger partial charge in [0, 0.05) is 0 Å². The van der Waals surface area contributed by atoms with Gasteiger partial charge in [0.15, 0.2) is 0 Å². The van der Waals surface area contributed by atoms with E-state index >= 15 is 0 Å². The second-order valence-electron chi connectivity index (χ2n) is 4.99.